The Balaban J connectivity index is 1.29. The Morgan fingerprint density at radius 2 is 1.91 bits per heavy atom. The van der Waals surface area contributed by atoms with Crippen LogP contribution >= 0.6 is 23.1 Å². The minimum absolute atomic E-state index is 0.0933. The molecule has 10 heteroatoms. The van der Waals surface area contributed by atoms with Crippen LogP contribution < -0.4 is 20.3 Å². The van der Waals surface area contributed by atoms with Crippen molar-refractivity contribution in [1.82, 2.24) is 14.9 Å². The van der Waals surface area contributed by atoms with Gasteiger partial charge in [0.05, 0.1) is 17.8 Å². The Morgan fingerprint density at radius 1 is 1.12 bits per heavy atom. The molecule has 0 bridgehead atoms. The summed E-state index contributed by atoms with van der Waals surface area (Å²) in [4.78, 5) is 30.1. The average molecular weight is 484 g/mol. The zero-order valence-corrected chi connectivity index (χ0v) is 18.9. The van der Waals surface area contributed by atoms with Crippen LogP contribution in [-0.4, -0.2) is 28.0 Å². The number of carbonyl (C=O) groups excluding carboxylic acids is 1. The van der Waals surface area contributed by atoms with Crippen LogP contribution in [-0.2, 0) is 17.9 Å². The van der Waals surface area contributed by atoms with Crippen LogP contribution in [0.2, 0.25) is 0 Å². The van der Waals surface area contributed by atoms with Crippen molar-refractivity contribution in [3.8, 4) is 11.5 Å². The molecular weight excluding hydrogens is 465 g/mol. The summed E-state index contributed by atoms with van der Waals surface area (Å²) in [7, 11) is 0. The fourth-order valence-electron chi connectivity index (χ4n) is 3.38. The van der Waals surface area contributed by atoms with Crippen molar-refractivity contribution >= 4 is 39.2 Å². The number of aromatic nitrogens is 2. The van der Waals surface area contributed by atoms with Gasteiger partial charge in [-0.25, -0.2) is 9.37 Å². The summed E-state index contributed by atoms with van der Waals surface area (Å²) in [6.07, 6.45) is 0. The number of nitrogens with zero attached hydrogens (tertiary/aromatic N) is 2. The van der Waals surface area contributed by atoms with E-state index in [-0.39, 0.29) is 36.4 Å². The average Bonchev–Trinajstić information content (AvgIpc) is 3.48. The first-order valence-corrected chi connectivity index (χ1v) is 11.9. The van der Waals surface area contributed by atoms with E-state index in [2.05, 4.69) is 10.3 Å². The fourth-order valence-corrected chi connectivity index (χ4v) is 4.99. The van der Waals surface area contributed by atoms with Gasteiger partial charge in [-0.2, -0.15) is 0 Å². The molecule has 1 N–H and O–H groups in total. The minimum atomic E-state index is -0.341. The number of ether oxygens (including phenoxy) is 2. The topological polar surface area (TPSA) is 82.5 Å². The Labute approximate surface area is 196 Å². The van der Waals surface area contributed by atoms with Crippen molar-refractivity contribution in [2.45, 2.75) is 18.2 Å². The van der Waals surface area contributed by atoms with Crippen LogP contribution in [0.1, 0.15) is 11.1 Å². The van der Waals surface area contributed by atoms with Gasteiger partial charge in [0.2, 0.25) is 12.7 Å². The lowest BCUT2D eigenvalue weighted by atomic mass is 10.2. The van der Waals surface area contributed by atoms with E-state index in [1.807, 2.05) is 23.6 Å². The number of rotatable bonds is 7. The van der Waals surface area contributed by atoms with Gasteiger partial charge >= 0.3 is 0 Å². The van der Waals surface area contributed by atoms with Crippen molar-refractivity contribution in [3.63, 3.8) is 0 Å². The predicted molar refractivity (Wildman–Crippen MR) is 125 cm³/mol. The molecule has 0 spiro atoms. The number of halogens is 1. The van der Waals surface area contributed by atoms with Crippen LogP contribution in [0, 0.1) is 5.82 Å². The number of amides is 1. The molecule has 7 nitrogen and oxygen atoms in total. The first kappa shape index (κ1) is 21.5. The van der Waals surface area contributed by atoms with Gasteiger partial charge in [-0.15, -0.1) is 11.3 Å². The SMILES string of the molecule is O=C(CSc1nc2ccsc2c(=O)n1Cc1ccc(F)cc1)NCc1ccc2c(c1)OCO2. The van der Waals surface area contributed by atoms with E-state index < -0.39 is 0 Å². The van der Waals surface area contributed by atoms with E-state index in [9.17, 15) is 14.0 Å². The largest absolute Gasteiger partial charge is 0.454 e. The third kappa shape index (κ3) is 4.71. The molecule has 0 fully saturated rings. The summed E-state index contributed by atoms with van der Waals surface area (Å²) in [6.45, 7) is 0.777. The van der Waals surface area contributed by atoms with Gasteiger partial charge < -0.3 is 14.8 Å². The van der Waals surface area contributed by atoms with Crippen molar-refractivity contribution in [3.05, 3.63) is 81.2 Å². The molecule has 1 aliphatic heterocycles. The van der Waals surface area contributed by atoms with Gasteiger partial charge in [0.25, 0.3) is 5.56 Å². The van der Waals surface area contributed by atoms with Crippen molar-refractivity contribution in [2.24, 2.45) is 0 Å². The molecule has 1 amide bonds. The molecule has 0 saturated heterocycles. The highest BCUT2D eigenvalue weighted by atomic mass is 32.2. The molecule has 4 aromatic rings. The van der Waals surface area contributed by atoms with Crippen LogP contribution in [0.4, 0.5) is 4.39 Å². The third-order valence-electron chi connectivity index (χ3n) is 5.04. The van der Waals surface area contributed by atoms with Gasteiger partial charge in [0.1, 0.15) is 10.5 Å². The normalized spacial score (nSPS) is 12.3. The Kier molecular flexibility index (Phi) is 6.01. The third-order valence-corrected chi connectivity index (χ3v) is 6.91. The zero-order chi connectivity index (χ0) is 22.8. The number of hydrogen-bond acceptors (Lipinski definition) is 7. The molecule has 2 aromatic heterocycles. The van der Waals surface area contributed by atoms with Crippen LogP contribution in [0.15, 0.2) is 63.9 Å². The van der Waals surface area contributed by atoms with Crippen LogP contribution in [0.25, 0.3) is 10.2 Å². The maximum Gasteiger partial charge on any atom is 0.272 e. The number of benzene rings is 2. The fraction of sp³-hybridized carbons (Fsp3) is 0.174. The highest BCUT2D eigenvalue weighted by molar-refractivity contribution is 7.99. The molecule has 3 heterocycles. The van der Waals surface area contributed by atoms with E-state index in [0.717, 1.165) is 11.1 Å². The lowest BCUT2D eigenvalue weighted by Crippen LogP contribution is -2.26. The summed E-state index contributed by atoms with van der Waals surface area (Å²) in [5.41, 5.74) is 2.08. The lowest BCUT2D eigenvalue weighted by Gasteiger charge is -2.12. The van der Waals surface area contributed by atoms with E-state index in [4.69, 9.17) is 9.47 Å². The van der Waals surface area contributed by atoms with E-state index in [0.29, 0.717) is 33.4 Å². The van der Waals surface area contributed by atoms with Gasteiger partial charge in [-0.3, -0.25) is 14.2 Å². The highest BCUT2D eigenvalue weighted by Gasteiger charge is 2.16. The molecule has 0 saturated carbocycles. The van der Waals surface area contributed by atoms with Crippen LogP contribution in [0.5, 0.6) is 11.5 Å². The number of fused-ring (bicyclic) bond motifs is 2. The first-order valence-electron chi connectivity index (χ1n) is 10.1. The monoisotopic (exact) mass is 483 g/mol. The summed E-state index contributed by atoms with van der Waals surface area (Å²) < 4.78 is 26.0. The minimum Gasteiger partial charge on any atom is -0.454 e. The molecule has 0 atom stereocenters. The second-order valence-electron chi connectivity index (χ2n) is 7.30. The number of nitrogens with one attached hydrogen (secondary N) is 1. The number of hydrogen-bond donors (Lipinski definition) is 1. The maximum absolute atomic E-state index is 13.3. The lowest BCUT2D eigenvalue weighted by molar-refractivity contribution is -0.118. The molecule has 33 heavy (non-hydrogen) atoms. The summed E-state index contributed by atoms with van der Waals surface area (Å²) in [6, 6.07) is 13.3. The first-order chi connectivity index (χ1) is 16.1. The quantitative estimate of drug-likeness (QED) is 0.318. The summed E-state index contributed by atoms with van der Waals surface area (Å²) in [5, 5.41) is 5.12. The Morgan fingerprint density at radius 3 is 2.76 bits per heavy atom. The van der Waals surface area contributed by atoms with Crippen molar-refractivity contribution in [2.75, 3.05) is 12.5 Å². The molecule has 5 rings (SSSR count). The predicted octanol–water partition coefficient (Wildman–Crippen LogP) is 3.78. The van der Waals surface area contributed by atoms with Crippen molar-refractivity contribution < 1.29 is 18.7 Å². The molecule has 0 aliphatic carbocycles. The van der Waals surface area contributed by atoms with Crippen LogP contribution in [0.3, 0.4) is 0 Å². The van der Waals surface area contributed by atoms with E-state index in [1.165, 1.54) is 39.8 Å². The number of thiophene rings is 1. The highest BCUT2D eigenvalue weighted by Crippen LogP contribution is 2.32. The molecule has 1 aliphatic rings. The molecular formula is C23H18FN3O4S2. The van der Waals surface area contributed by atoms with Crippen molar-refractivity contribution in [1.29, 1.82) is 0 Å². The van der Waals surface area contributed by atoms with E-state index >= 15 is 0 Å². The van der Waals surface area contributed by atoms with Gasteiger partial charge in [-0.05, 0) is 46.8 Å². The summed E-state index contributed by atoms with van der Waals surface area (Å²) >= 11 is 2.52. The Hall–Kier alpha value is -3.37. The van der Waals surface area contributed by atoms with Gasteiger partial charge in [0, 0.05) is 6.54 Å². The second-order valence-corrected chi connectivity index (χ2v) is 9.16. The van der Waals surface area contributed by atoms with Gasteiger partial charge in [-0.1, -0.05) is 30.0 Å². The molecule has 168 valence electrons. The standard InChI is InChI=1S/C23H18FN3O4S2/c24-16-4-1-14(2-5-16)11-27-22(29)21-17(7-8-32-21)26-23(27)33-12-20(28)25-10-15-3-6-18-19(9-15)31-13-30-18/h1-9H,10-13H2,(H,25,28). The summed E-state index contributed by atoms with van der Waals surface area (Å²) in [5.74, 6) is 0.914. The zero-order valence-electron chi connectivity index (χ0n) is 17.2. The second kappa shape index (κ2) is 9.24. The number of thioether (sulfide) groups is 1. The Bertz CT molecular complexity index is 1380. The molecule has 2 aromatic carbocycles. The maximum atomic E-state index is 13.3. The molecule has 0 unspecified atom stereocenters. The smallest absolute Gasteiger partial charge is 0.272 e. The number of carbonyl (C=O) groups is 1. The molecule has 0 radical (unpaired) electrons. The van der Waals surface area contributed by atoms with Gasteiger partial charge in [0.15, 0.2) is 16.7 Å². The van der Waals surface area contributed by atoms with E-state index in [1.54, 1.807) is 18.2 Å².